The van der Waals surface area contributed by atoms with Gasteiger partial charge in [0.25, 0.3) is 0 Å². The van der Waals surface area contributed by atoms with Crippen LogP contribution in [-0.2, 0) is 11.3 Å². The van der Waals surface area contributed by atoms with Crippen LogP contribution in [0.3, 0.4) is 0 Å². The Labute approximate surface area is 153 Å². The topological polar surface area (TPSA) is 25.8 Å². The molecule has 0 spiro atoms. The number of ether oxygens (including phenoxy) is 1. The quantitative estimate of drug-likeness (QED) is 0.668. The first-order valence-corrected chi connectivity index (χ1v) is 9.88. The molecule has 1 fully saturated rings. The van der Waals surface area contributed by atoms with Crippen molar-refractivity contribution in [2.24, 2.45) is 11.3 Å². The summed E-state index contributed by atoms with van der Waals surface area (Å²) in [5, 5.41) is 3.26. The van der Waals surface area contributed by atoms with E-state index in [4.69, 9.17) is 16.3 Å². The van der Waals surface area contributed by atoms with E-state index in [2.05, 4.69) is 45.1 Å². The summed E-state index contributed by atoms with van der Waals surface area (Å²) in [4.78, 5) is 0. The van der Waals surface area contributed by atoms with Crippen LogP contribution in [0.5, 0.6) is 0 Å². The number of benzene rings is 1. The Morgan fingerprint density at radius 2 is 1.88 bits per heavy atom. The van der Waals surface area contributed by atoms with Crippen LogP contribution >= 0.6 is 11.6 Å². The molecule has 1 atom stereocenters. The van der Waals surface area contributed by atoms with Gasteiger partial charge < -0.3 is 10.1 Å². The van der Waals surface area contributed by atoms with E-state index in [1.807, 2.05) is 12.1 Å². The summed E-state index contributed by atoms with van der Waals surface area (Å²) >= 11 is 5.96. The Kier molecular flexibility index (Phi) is 7.15. The average Bonchev–Trinajstić information content (AvgIpc) is 2.51. The molecular formula is C21H35ClNO+. The number of hydrogen-bond donors (Lipinski definition) is 1. The molecule has 2 N–H and O–H groups in total. The van der Waals surface area contributed by atoms with Crippen LogP contribution in [0.1, 0.15) is 65.4 Å². The highest BCUT2D eigenvalue weighted by Crippen LogP contribution is 2.45. The van der Waals surface area contributed by atoms with Crippen molar-refractivity contribution in [3.63, 3.8) is 0 Å². The Morgan fingerprint density at radius 1 is 1.17 bits per heavy atom. The zero-order valence-electron chi connectivity index (χ0n) is 15.9. The normalized spacial score (nSPS) is 23.6. The number of rotatable bonds is 8. The van der Waals surface area contributed by atoms with Crippen molar-refractivity contribution in [1.82, 2.24) is 0 Å². The number of halogens is 1. The minimum Gasteiger partial charge on any atom is -0.376 e. The molecule has 1 saturated heterocycles. The lowest BCUT2D eigenvalue weighted by atomic mass is 9.68. The molecule has 3 heteroatoms. The van der Waals surface area contributed by atoms with Gasteiger partial charge in [-0.1, -0.05) is 44.0 Å². The lowest BCUT2D eigenvalue weighted by molar-refractivity contribution is -0.672. The number of quaternary nitrogens is 1. The molecule has 24 heavy (non-hydrogen) atoms. The summed E-state index contributed by atoms with van der Waals surface area (Å²) in [7, 11) is 0. The Morgan fingerprint density at radius 3 is 2.50 bits per heavy atom. The summed E-state index contributed by atoms with van der Waals surface area (Å²) in [6.07, 6.45) is 6.37. The average molecular weight is 353 g/mol. The summed E-state index contributed by atoms with van der Waals surface area (Å²) in [5.41, 5.74) is 1.84. The van der Waals surface area contributed by atoms with Crippen LogP contribution in [0.2, 0.25) is 5.02 Å². The second kappa shape index (κ2) is 8.69. The summed E-state index contributed by atoms with van der Waals surface area (Å²) in [6, 6.07) is 8.22. The summed E-state index contributed by atoms with van der Waals surface area (Å²) in [5.74, 6) is 0.783. The second-order valence-electron chi connectivity index (χ2n) is 8.63. The second-order valence-corrected chi connectivity index (χ2v) is 9.06. The van der Waals surface area contributed by atoms with Gasteiger partial charge in [0, 0.05) is 23.6 Å². The zero-order valence-corrected chi connectivity index (χ0v) is 16.7. The molecule has 0 aliphatic carbocycles. The minimum absolute atomic E-state index is 0.0331. The summed E-state index contributed by atoms with van der Waals surface area (Å²) in [6.45, 7) is 12.3. The molecule has 0 aromatic heterocycles. The molecule has 0 amide bonds. The predicted octanol–water partition coefficient (Wildman–Crippen LogP) is 4.81. The van der Waals surface area contributed by atoms with Gasteiger partial charge >= 0.3 is 0 Å². The first-order valence-electron chi connectivity index (χ1n) is 9.50. The van der Waals surface area contributed by atoms with Gasteiger partial charge in [0.05, 0.1) is 12.1 Å². The van der Waals surface area contributed by atoms with E-state index in [9.17, 15) is 0 Å². The van der Waals surface area contributed by atoms with Crippen molar-refractivity contribution in [3.05, 3.63) is 34.9 Å². The van der Waals surface area contributed by atoms with Gasteiger partial charge in [-0.15, -0.1) is 0 Å². The van der Waals surface area contributed by atoms with E-state index < -0.39 is 0 Å². The van der Waals surface area contributed by atoms with Crippen molar-refractivity contribution < 1.29 is 10.1 Å². The third kappa shape index (κ3) is 6.38. The SMILES string of the molecule is CC(C)CC[C@@]1(CC[NH2+]Cc2ccc(Cl)cc2)CCOC(C)(C)C1. The van der Waals surface area contributed by atoms with E-state index in [0.717, 1.165) is 24.1 Å². The first-order chi connectivity index (χ1) is 11.3. The van der Waals surface area contributed by atoms with Crippen molar-refractivity contribution >= 4 is 11.6 Å². The molecule has 1 heterocycles. The molecule has 1 aromatic carbocycles. The minimum atomic E-state index is 0.0331. The van der Waals surface area contributed by atoms with E-state index in [-0.39, 0.29) is 5.60 Å². The highest BCUT2D eigenvalue weighted by Gasteiger charge is 2.40. The van der Waals surface area contributed by atoms with Gasteiger partial charge in [0.2, 0.25) is 0 Å². The van der Waals surface area contributed by atoms with Crippen molar-refractivity contribution in [3.8, 4) is 0 Å². The molecule has 0 saturated carbocycles. The fraction of sp³-hybridized carbons (Fsp3) is 0.714. The Bertz CT molecular complexity index is 497. The van der Waals surface area contributed by atoms with Gasteiger partial charge in [-0.3, -0.25) is 0 Å². The number of nitrogens with two attached hydrogens (primary N) is 1. The predicted molar refractivity (Wildman–Crippen MR) is 102 cm³/mol. The Balaban J connectivity index is 1.87. The summed E-state index contributed by atoms with van der Waals surface area (Å²) < 4.78 is 5.99. The van der Waals surface area contributed by atoms with Gasteiger partial charge in [-0.05, 0) is 56.6 Å². The lowest BCUT2D eigenvalue weighted by Gasteiger charge is -2.45. The molecule has 1 aliphatic rings. The molecule has 0 unspecified atom stereocenters. The maximum absolute atomic E-state index is 5.99. The van der Waals surface area contributed by atoms with Crippen molar-refractivity contribution in [1.29, 1.82) is 0 Å². The fourth-order valence-electron chi connectivity index (χ4n) is 4.03. The van der Waals surface area contributed by atoms with Crippen LogP contribution in [-0.4, -0.2) is 18.8 Å². The maximum atomic E-state index is 5.99. The van der Waals surface area contributed by atoms with Gasteiger partial charge in [0.15, 0.2) is 0 Å². The van der Waals surface area contributed by atoms with Gasteiger partial charge in [0.1, 0.15) is 6.54 Å². The van der Waals surface area contributed by atoms with Crippen molar-refractivity contribution in [2.75, 3.05) is 13.2 Å². The van der Waals surface area contributed by atoms with E-state index >= 15 is 0 Å². The highest BCUT2D eigenvalue weighted by atomic mass is 35.5. The lowest BCUT2D eigenvalue weighted by Crippen LogP contribution is -2.83. The van der Waals surface area contributed by atoms with Crippen LogP contribution in [0.4, 0.5) is 0 Å². The zero-order chi connectivity index (χ0) is 17.6. The van der Waals surface area contributed by atoms with E-state index in [1.165, 1.54) is 44.2 Å². The molecule has 136 valence electrons. The largest absolute Gasteiger partial charge is 0.376 e. The maximum Gasteiger partial charge on any atom is 0.101 e. The Hall–Kier alpha value is -0.570. The van der Waals surface area contributed by atoms with Gasteiger partial charge in [-0.25, -0.2) is 0 Å². The molecule has 0 radical (unpaired) electrons. The fourth-order valence-corrected chi connectivity index (χ4v) is 4.16. The molecule has 0 bridgehead atoms. The van der Waals surface area contributed by atoms with Gasteiger partial charge in [-0.2, -0.15) is 0 Å². The third-order valence-electron chi connectivity index (χ3n) is 5.35. The molecule has 2 nitrogen and oxygen atoms in total. The molecule has 1 aromatic rings. The monoisotopic (exact) mass is 352 g/mol. The van der Waals surface area contributed by atoms with Crippen molar-refractivity contribution in [2.45, 2.75) is 71.9 Å². The third-order valence-corrected chi connectivity index (χ3v) is 5.60. The standard InChI is InChI=1S/C21H34ClNO/c1-17(2)9-10-21(12-14-24-20(3,4)16-21)11-13-23-15-18-5-7-19(22)8-6-18/h5-8,17,23H,9-16H2,1-4H3/p+1/t21-/m1/s1. The smallest absolute Gasteiger partial charge is 0.101 e. The molecule has 1 aliphatic heterocycles. The highest BCUT2D eigenvalue weighted by molar-refractivity contribution is 6.30. The van der Waals surface area contributed by atoms with Crippen LogP contribution in [0.15, 0.2) is 24.3 Å². The van der Waals surface area contributed by atoms with E-state index in [1.54, 1.807) is 0 Å². The van der Waals surface area contributed by atoms with Crippen LogP contribution in [0, 0.1) is 11.3 Å². The van der Waals surface area contributed by atoms with E-state index in [0.29, 0.717) is 5.41 Å². The molecule has 2 rings (SSSR count). The molecular weight excluding hydrogens is 318 g/mol. The van der Waals surface area contributed by atoms with Crippen LogP contribution < -0.4 is 5.32 Å². The van der Waals surface area contributed by atoms with Crippen LogP contribution in [0.25, 0.3) is 0 Å². The first kappa shape index (κ1) is 19.8. The number of hydrogen-bond acceptors (Lipinski definition) is 1.